The van der Waals surface area contributed by atoms with Crippen LogP contribution in [0.15, 0.2) is 22.6 Å². The zero-order valence-corrected chi connectivity index (χ0v) is 10.2. The van der Waals surface area contributed by atoms with Crippen molar-refractivity contribution < 1.29 is 9.15 Å². The van der Waals surface area contributed by atoms with Crippen LogP contribution >= 0.6 is 11.6 Å². The molecule has 0 atom stereocenters. The van der Waals surface area contributed by atoms with Crippen molar-refractivity contribution in [1.82, 2.24) is 10.2 Å². The van der Waals surface area contributed by atoms with Crippen LogP contribution in [0.3, 0.4) is 0 Å². The number of nitrogens with zero attached hydrogens (tertiary/aromatic N) is 3. The molecule has 0 unspecified atom stereocenters. The number of anilines is 2. The van der Waals surface area contributed by atoms with E-state index in [0.29, 0.717) is 16.5 Å². The number of methoxy groups -OCH3 is 1. The predicted molar refractivity (Wildman–Crippen MR) is 64.9 cm³/mol. The molecule has 1 heterocycles. The van der Waals surface area contributed by atoms with Gasteiger partial charge in [0, 0.05) is 5.02 Å². The first-order valence-corrected chi connectivity index (χ1v) is 5.40. The van der Waals surface area contributed by atoms with Gasteiger partial charge in [-0.15, -0.1) is 5.10 Å². The first-order valence-electron chi connectivity index (χ1n) is 5.03. The Morgan fingerprint density at radius 3 is 3.06 bits per heavy atom. The molecule has 0 aliphatic rings. The molecule has 0 spiro atoms. The molecule has 0 saturated heterocycles. The Morgan fingerprint density at radius 1 is 1.50 bits per heavy atom. The van der Waals surface area contributed by atoms with Crippen LogP contribution in [0.4, 0.5) is 11.7 Å². The summed E-state index contributed by atoms with van der Waals surface area (Å²) in [7, 11) is 1.54. The SMILES string of the molecule is COc1ccc(Cl)cc1Nc1nnc(CC#N)o1. The van der Waals surface area contributed by atoms with Crippen molar-refractivity contribution in [2.75, 3.05) is 12.4 Å². The number of ether oxygens (including phenoxy) is 1. The lowest BCUT2D eigenvalue weighted by molar-refractivity contribution is 0.416. The van der Waals surface area contributed by atoms with E-state index in [1.807, 2.05) is 6.07 Å². The lowest BCUT2D eigenvalue weighted by atomic mass is 10.3. The van der Waals surface area contributed by atoms with Crippen molar-refractivity contribution in [2.24, 2.45) is 0 Å². The highest BCUT2D eigenvalue weighted by atomic mass is 35.5. The van der Waals surface area contributed by atoms with Crippen molar-refractivity contribution in [3.63, 3.8) is 0 Å². The zero-order chi connectivity index (χ0) is 13.0. The van der Waals surface area contributed by atoms with Crippen LogP contribution in [0.25, 0.3) is 0 Å². The lowest BCUT2D eigenvalue weighted by Crippen LogP contribution is -1.94. The molecule has 1 aromatic carbocycles. The normalized spacial score (nSPS) is 9.83. The first kappa shape index (κ1) is 12.2. The lowest BCUT2D eigenvalue weighted by Gasteiger charge is -2.08. The topological polar surface area (TPSA) is 84.0 Å². The van der Waals surface area contributed by atoms with Crippen LogP contribution in [0, 0.1) is 11.3 Å². The summed E-state index contributed by atoms with van der Waals surface area (Å²) in [6.07, 6.45) is 0.0708. The fourth-order valence-electron chi connectivity index (χ4n) is 1.34. The van der Waals surface area contributed by atoms with Crippen LogP contribution in [-0.2, 0) is 6.42 Å². The second kappa shape index (κ2) is 5.38. The average Bonchev–Trinajstić information content (AvgIpc) is 2.77. The summed E-state index contributed by atoms with van der Waals surface area (Å²) in [5, 5.41) is 19.4. The van der Waals surface area contributed by atoms with Gasteiger partial charge in [0.15, 0.2) is 0 Å². The molecule has 0 fully saturated rings. The highest BCUT2D eigenvalue weighted by Crippen LogP contribution is 2.29. The molecule has 0 radical (unpaired) electrons. The Balaban J connectivity index is 2.22. The molecular weight excluding hydrogens is 256 g/mol. The number of benzene rings is 1. The van der Waals surface area contributed by atoms with E-state index in [1.54, 1.807) is 25.3 Å². The average molecular weight is 265 g/mol. The van der Waals surface area contributed by atoms with Gasteiger partial charge in [0.25, 0.3) is 0 Å². The first-order chi connectivity index (χ1) is 8.72. The second-order valence-corrected chi connectivity index (χ2v) is 3.74. The van der Waals surface area contributed by atoms with E-state index in [-0.39, 0.29) is 18.3 Å². The van der Waals surface area contributed by atoms with Crippen molar-refractivity contribution in [1.29, 1.82) is 5.26 Å². The minimum absolute atomic E-state index is 0.0708. The second-order valence-electron chi connectivity index (χ2n) is 3.31. The van der Waals surface area contributed by atoms with Gasteiger partial charge in [0.1, 0.15) is 12.2 Å². The predicted octanol–water partition coefficient (Wildman–Crippen LogP) is 2.54. The van der Waals surface area contributed by atoms with Crippen molar-refractivity contribution in [2.45, 2.75) is 6.42 Å². The number of nitriles is 1. The van der Waals surface area contributed by atoms with Gasteiger partial charge in [-0.05, 0) is 18.2 Å². The molecule has 0 bridgehead atoms. The number of nitrogens with one attached hydrogen (secondary N) is 1. The molecule has 1 aromatic heterocycles. The molecule has 0 saturated carbocycles. The van der Waals surface area contributed by atoms with E-state index in [2.05, 4.69) is 15.5 Å². The molecule has 7 heteroatoms. The third-order valence-electron chi connectivity index (χ3n) is 2.10. The minimum Gasteiger partial charge on any atom is -0.495 e. The zero-order valence-electron chi connectivity index (χ0n) is 9.48. The maximum atomic E-state index is 8.50. The highest BCUT2D eigenvalue weighted by Gasteiger charge is 2.09. The molecule has 0 aliphatic carbocycles. The Bertz CT molecular complexity index is 591. The number of hydrogen-bond acceptors (Lipinski definition) is 6. The Kier molecular flexibility index (Phi) is 3.65. The van der Waals surface area contributed by atoms with Gasteiger partial charge in [0.2, 0.25) is 5.89 Å². The Morgan fingerprint density at radius 2 is 2.33 bits per heavy atom. The maximum absolute atomic E-state index is 8.50. The van der Waals surface area contributed by atoms with Crippen molar-refractivity contribution in [3.8, 4) is 11.8 Å². The van der Waals surface area contributed by atoms with Gasteiger partial charge in [-0.1, -0.05) is 16.7 Å². The largest absolute Gasteiger partial charge is 0.495 e. The molecule has 18 heavy (non-hydrogen) atoms. The molecule has 2 aromatic rings. The summed E-state index contributed by atoms with van der Waals surface area (Å²) in [4.78, 5) is 0. The van der Waals surface area contributed by atoms with E-state index in [1.165, 1.54) is 0 Å². The minimum atomic E-state index is 0.0708. The molecule has 0 amide bonds. The van der Waals surface area contributed by atoms with Gasteiger partial charge < -0.3 is 14.5 Å². The third-order valence-corrected chi connectivity index (χ3v) is 2.34. The fourth-order valence-corrected chi connectivity index (χ4v) is 1.51. The molecule has 92 valence electrons. The molecule has 6 nitrogen and oxygen atoms in total. The van der Waals surface area contributed by atoms with Gasteiger partial charge in [-0.25, -0.2) is 0 Å². The van der Waals surface area contributed by atoms with Gasteiger partial charge in [-0.3, -0.25) is 0 Å². The number of hydrogen-bond donors (Lipinski definition) is 1. The highest BCUT2D eigenvalue weighted by molar-refractivity contribution is 6.30. The number of aromatic nitrogens is 2. The maximum Gasteiger partial charge on any atom is 0.320 e. The van der Waals surface area contributed by atoms with Crippen molar-refractivity contribution >= 4 is 23.3 Å². The fraction of sp³-hybridized carbons (Fsp3) is 0.182. The van der Waals surface area contributed by atoms with Crippen LogP contribution in [0.2, 0.25) is 5.02 Å². The summed E-state index contributed by atoms with van der Waals surface area (Å²) in [5.74, 6) is 0.848. The standard InChI is InChI=1S/C11H9ClN4O2/c1-17-9-3-2-7(12)6-8(9)14-11-16-15-10(18-11)4-5-13/h2-3,6H,4H2,1H3,(H,14,16). The van der Waals surface area contributed by atoms with E-state index in [0.717, 1.165) is 0 Å². The molecule has 2 rings (SSSR count). The summed E-state index contributed by atoms with van der Waals surface area (Å²) in [6, 6.07) is 7.21. The molecular formula is C11H9ClN4O2. The monoisotopic (exact) mass is 264 g/mol. The number of rotatable bonds is 4. The van der Waals surface area contributed by atoms with Gasteiger partial charge in [-0.2, -0.15) is 5.26 Å². The summed E-state index contributed by atoms with van der Waals surface area (Å²) in [5.41, 5.74) is 0.608. The smallest absolute Gasteiger partial charge is 0.320 e. The third kappa shape index (κ3) is 2.70. The van der Waals surface area contributed by atoms with Crippen LogP contribution in [0.5, 0.6) is 5.75 Å². The summed E-state index contributed by atoms with van der Waals surface area (Å²) in [6.45, 7) is 0. The summed E-state index contributed by atoms with van der Waals surface area (Å²) >= 11 is 5.89. The van der Waals surface area contributed by atoms with E-state index >= 15 is 0 Å². The molecule has 0 aliphatic heterocycles. The quantitative estimate of drug-likeness (QED) is 0.913. The van der Waals surface area contributed by atoms with E-state index < -0.39 is 0 Å². The van der Waals surface area contributed by atoms with E-state index in [4.69, 9.17) is 26.0 Å². The Hall–Kier alpha value is -2.26. The Labute approximate surface area is 108 Å². The van der Waals surface area contributed by atoms with Crippen LogP contribution in [0.1, 0.15) is 5.89 Å². The van der Waals surface area contributed by atoms with Crippen molar-refractivity contribution in [3.05, 3.63) is 29.1 Å². The van der Waals surface area contributed by atoms with E-state index in [9.17, 15) is 0 Å². The molecule has 1 N–H and O–H groups in total. The van der Waals surface area contributed by atoms with Crippen LogP contribution < -0.4 is 10.1 Å². The van der Waals surface area contributed by atoms with Crippen LogP contribution in [-0.4, -0.2) is 17.3 Å². The van der Waals surface area contributed by atoms with Gasteiger partial charge in [0.05, 0.1) is 18.9 Å². The van der Waals surface area contributed by atoms with Gasteiger partial charge >= 0.3 is 6.01 Å². The summed E-state index contributed by atoms with van der Waals surface area (Å²) < 4.78 is 10.4. The number of halogens is 1.